The summed E-state index contributed by atoms with van der Waals surface area (Å²) in [7, 11) is 0. The van der Waals surface area contributed by atoms with Gasteiger partial charge in [0.1, 0.15) is 6.33 Å². The number of anilines is 1. The molecule has 1 fully saturated rings. The Kier molecular flexibility index (Phi) is 2.58. The number of carboxylic acids is 1. The molecular weight excluding hydrogens is 234 g/mol. The maximum atomic E-state index is 11.1. The molecule has 2 aromatic heterocycles. The Balaban J connectivity index is 1.88. The van der Waals surface area contributed by atoms with Gasteiger partial charge in [-0.25, -0.2) is 4.98 Å². The number of hydrogen-bond donors (Lipinski definition) is 2. The van der Waals surface area contributed by atoms with Crippen LogP contribution in [0, 0.1) is 5.92 Å². The van der Waals surface area contributed by atoms with Crippen LogP contribution < -0.4 is 5.32 Å². The molecular formula is C11H13N5O2. The maximum Gasteiger partial charge on any atom is 0.308 e. The van der Waals surface area contributed by atoms with Crippen LogP contribution in [0.15, 0.2) is 18.7 Å². The summed E-state index contributed by atoms with van der Waals surface area (Å²) in [5.74, 6) is -0.512. The smallest absolute Gasteiger partial charge is 0.308 e. The number of rotatable bonds is 3. The van der Waals surface area contributed by atoms with E-state index in [-0.39, 0.29) is 12.0 Å². The van der Waals surface area contributed by atoms with E-state index in [1.54, 1.807) is 23.1 Å². The predicted octanol–water partition coefficient (Wildman–Crippen LogP) is 0.789. The molecule has 7 nitrogen and oxygen atoms in total. The number of aliphatic carboxylic acids is 1. The average molecular weight is 247 g/mol. The molecule has 0 radical (unpaired) electrons. The number of aromatic nitrogens is 4. The standard InChI is InChI=1S/C11H13N5O2/c17-11(18)7-2-1-3-8(7)14-9-10-15-13-6-16(10)5-4-12-9/h4-8H,1-3H2,(H,12,14)(H,17,18). The molecule has 1 aliphatic carbocycles. The molecule has 2 unspecified atom stereocenters. The van der Waals surface area contributed by atoms with E-state index < -0.39 is 5.97 Å². The van der Waals surface area contributed by atoms with Gasteiger partial charge in [-0.2, -0.15) is 0 Å². The predicted molar refractivity (Wildman–Crippen MR) is 63.2 cm³/mol. The summed E-state index contributed by atoms with van der Waals surface area (Å²) in [4.78, 5) is 15.3. The van der Waals surface area contributed by atoms with Gasteiger partial charge < -0.3 is 10.4 Å². The number of carboxylic acid groups (broad SMARTS) is 1. The summed E-state index contributed by atoms with van der Waals surface area (Å²) in [5.41, 5.74) is 0.619. The minimum atomic E-state index is -0.751. The zero-order valence-corrected chi connectivity index (χ0v) is 9.65. The highest BCUT2D eigenvalue weighted by molar-refractivity contribution is 5.73. The number of nitrogens with zero attached hydrogens (tertiary/aromatic N) is 4. The van der Waals surface area contributed by atoms with Crippen molar-refractivity contribution in [3.8, 4) is 0 Å². The molecule has 2 N–H and O–H groups in total. The number of fused-ring (bicyclic) bond motifs is 1. The van der Waals surface area contributed by atoms with Crippen LogP contribution in [-0.4, -0.2) is 36.7 Å². The second kappa shape index (κ2) is 4.25. The van der Waals surface area contributed by atoms with E-state index in [0.29, 0.717) is 17.9 Å². The lowest BCUT2D eigenvalue weighted by Crippen LogP contribution is -2.30. The fourth-order valence-corrected chi connectivity index (χ4v) is 2.46. The molecule has 2 heterocycles. The molecule has 0 aromatic carbocycles. The molecule has 0 spiro atoms. The van der Waals surface area contributed by atoms with Crippen LogP contribution in [0.5, 0.6) is 0 Å². The van der Waals surface area contributed by atoms with Gasteiger partial charge in [0.2, 0.25) is 5.65 Å². The molecule has 0 bridgehead atoms. The fraction of sp³-hybridized carbons (Fsp3) is 0.455. The lowest BCUT2D eigenvalue weighted by atomic mass is 10.0. The van der Waals surface area contributed by atoms with Gasteiger partial charge in [0.05, 0.1) is 5.92 Å². The molecule has 18 heavy (non-hydrogen) atoms. The molecule has 0 saturated heterocycles. The largest absolute Gasteiger partial charge is 0.481 e. The van der Waals surface area contributed by atoms with E-state index in [0.717, 1.165) is 12.8 Å². The first-order valence-corrected chi connectivity index (χ1v) is 5.89. The second-order valence-electron chi connectivity index (χ2n) is 4.46. The van der Waals surface area contributed by atoms with Crippen molar-refractivity contribution in [2.24, 2.45) is 5.92 Å². The Bertz CT molecular complexity index is 582. The van der Waals surface area contributed by atoms with Crippen molar-refractivity contribution in [1.82, 2.24) is 19.6 Å². The lowest BCUT2D eigenvalue weighted by molar-refractivity contribution is -0.141. The van der Waals surface area contributed by atoms with Crippen molar-refractivity contribution in [3.05, 3.63) is 18.7 Å². The normalized spacial score (nSPS) is 23.3. The van der Waals surface area contributed by atoms with Crippen LogP contribution in [0.3, 0.4) is 0 Å². The molecule has 1 aliphatic rings. The highest BCUT2D eigenvalue weighted by Gasteiger charge is 2.33. The Morgan fingerprint density at radius 3 is 3.22 bits per heavy atom. The molecule has 2 aromatic rings. The van der Waals surface area contributed by atoms with Gasteiger partial charge >= 0.3 is 5.97 Å². The number of carbonyl (C=O) groups is 1. The van der Waals surface area contributed by atoms with Crippen LogP contribution in [-0.2, 0) is 4.79 Å². The SMILES string of the molecule is O=C(O)C1CCCC1Nc1nccn2cnnc12. The highest BCUT2D eigenvalue weighted by atomic mass is 16.4. The molecule has 0 aliphatic heterocycles. The summed E-state index contributed by atoms with van der Waals surface area (Å²) in [6.07, 6.45) is 7.46. The quantitative estimate of drug-likeness (QED) is 0.833. The van der Waals surface area contributed by atoms with Crippen LogP contribution in [0.1, 0.15) is 19.3 Å². The van der Waals surface area contributed by atoms with Gasteiger partial charge in [0, 0.05) is 18.4 Å². The Morgan fingerprint density at radius 2 is 2.39 bits per heavy atom. The Morgan fingerprint density at radius 1 is 1.50 bits per heavy atom. The van der Waals surface area contributed by atoms with Crippen LogP contribution in [0.25, 0.3) is 5.65 Å². The van der Waals surface area contributed by atoms with Crippen molar-refractivity contribution in [1.29, 1.82) is 0 Å². The van der Waals surface area contributed by atoms with E-state index in [2.05, 4.69) is 20.5 Å². The minimum Gasteiger partial charge on any atom is -0.481 e. The van der Waals surface area contributed by atoms with Gasteiger partial charge in [-0.1, -0.05) is 6.42 Å². The van der Waals surface area contributed by atoms with E-state index in [4.69, 9.17) is 5.11 Å². The highest BCUT2D eigenvalue weighted by Crippen LogP contribution is 2.28. The van der Waals surface area contributed by atoms with Gasteiger partial charge in [0.25, 0.3) is 0 Å². The summed E-state index contributed by atoms with van der Waals surface area (Å²) < 4.78 is 1.75. The van der Waals surface area contributed by atoms with Gasteiger partial charge in [-0.15, -0.1) is 10.2 Å². The first kappa shape index (κ1) is 10.9. The van der Waals surface area contributed by atoms with Crippen molar-refractivity contribution in [3.63, 3.8) is 0 Å². The van der Waals surface area contributed by atoms with Crippen LogP contribution in [0.2, 0.25) is 0 Å². The van der Waals surface area contributed by atoms with Crippen LogP contribution in [0.4, 0.5) is 5.82 Å². The van der Waals surface area contributed by atoms with Crippen LogP contribution >= 0.6 is 0 Å². The first-order valence-electron chi connectivity index (χ1n) is 5.89. The zero-order chi connectivity index (χ0) is 12.5. The number of nitrogens with one attached hydrogen (secondary N) is 1. The monoisotopic (exact) mass is 247 g/mol. The van der Waals surface area contributed by atoms with Gasteiger partial charge in [0.15, 0.2) is 5.82 Å². The molecule has 7 heteroatoms. The van der Waals surface area contributed by atoms with Gasteiger partial charge in [-0.05, 0) is 12.8 Å². The zero-order valence-electron chi connectivity index (χ0n) is 9.65. The topological polar surface area (TPSA) is 92.4 Å². The average Bonchev–Trinajstić information content (AvgIpc) is 2.96. The summed E-state index contributed by atoms with van der Waals surface area (Å²) >= 11 is 0. The van der Waals surface area contributed by atoms with E-state index in [1.807, 2.05) is 0 Å². The maximum absolute atomic E-state index is 11.1. The molecule has 3 rings (SSSR count). The van der Waals surface area contributed by atoms with E-state index in [1.165, 1.54) is 0 Å². The van der Waals surface area contributed by atoms with Gasteiger partial charge in [-0.3, -0.25) is 9.20 Å². The number of hydrogen-bond acceptors (Lipinski definition) is 5. The Labute approximate surface area is 103 Å². The lowest BCUT2D eigenvalue weighted by Gasteiger charge is -2.18. The molecule has 0 amide bonds. The third-order valence-electron chi connectivity index (χ3n) is 3.37. The Hall–Kier alpha value is -2.18. The minimum absolute atomic E-state index is 0.0853. The van der Waals surface area contributed by atoms with E-state index >= 15 is 0 Å². The third kappa shape index (κ3) is 1.77. The van der Waals surface area contributed by atoms with Crippen molar-refractivity contribution in [2.75, 3.05) is 5.32 Å². The van der Waals surface area contributed by atoms with Crippen molar-refractivity contribution < 1.29 is 9.90 Å². The molecule has 94 valence electrons. The summed E-state index contributed by atoms with van der Waals surface area (Å²) in [6, 6.07) is -0.0853. The second-order valence-corrected chi connectivity index (χ2v) is 4.46. The van der Waals surface area contributed by atoms with Crippen molar-refractivity contribution in [2.45, 2.75) is 25.3 Å². The molecule has 2 atom stereocenters. The fourth-order valence-electron chi connectivity index (χ4n) is 2.46. The van der Waals surface area contributed by atoms with E-state index in [9.17, 15) is 4.79 Å². The summed E-state index contributed by atoms with van der Waals surface area (Å²) in [5, 5.41) is 20.1. The third-order valence-corrected chi connectivity index (χ3v) is 3.37. The summed E-state index contributed by atoms with van der Waals surface area (Å²) in [6.45, 7) is 0. The first-order chi connectivity index (χ1) is 8.75. The van der Waals surface area contributed by atoms with Crippen molar-refractivity contribution >= 4 is 17.4 Å². The molecule has 1 saturated carbocycles.